The molecule has 2 fully saturated rings. The van der Waals surface area contributed by atoms with Gasteiger partial charge in [-0.25, -0.2) is 0 Å². The summed E-state index contributed by atoms with van der Waals surface area (Å²) in [6, 6.07) is 7.84. The van der Waals surface area contributed by atoms with E-state index in [-0.39, 0.29) is 11.5 Å². The second kappa shape index (κ2) is 8.89. The fourth-order valence-corrected chi connectivity index (χ4v) is 5.06. The van der Waals surface area contributed by atoms with Crippen molar-refractivity contribution in [1.29, 1.82) is 0 Å². The predicted molar refractivity (Wildman–Crippen MR) is 124 cm³/mol. The zero-order chi connectivity index (χ0) is 21.3. The number of methoxy groups -OCH3 is 1. The smallest absolute Gasteiger partial charge is 0.266 e. The molecule has 9 heteroatoms. The van der Waals surface area contributed by atoms with E-state index in [2.05, 4.69) is 4.90 Å². The summed E-state index contributed by atoms with van der Waals surface area (Å²) in [6.07, 6.45) is 1.70. The Morgan fingerprint density at radius 1 is 1.23 bits per heavy atom. The van der Waals surface area contributed by atoms with Crippen molar-refractivity contribution in [3.8, 4) is 0 Å². The number of carbonyl (C=O) groups is 1. The van der Waals surface area contributed by atoms with Crippen LogP contribution in [0.15, 0.2) is 34.0 Å². The normalized spacial score (nSPS) is 18.8. The molecule has 1 aromatic carbocycles. The molecule has 0 N–H and O–H groups in total. The van der Waals surface area contributed by atoms with E-state index in [9.17, 15) is 9.59 Å². The van der Waals surface area contributed by atoms with Gasteiger partial charge in [-0.2, -0.15) is 0 Å². The van der Waals surface area contributed by atoms with Crippen LogP contribution in [0.5, 0.6) is 0 Å². The fourth-order valence-electron chi connectivity index (χ4n) is 3.77. The summed E-state index contributed by atoms with van der Waals surface area (Å²) >= 11 is 6.60. The second-order valence-corrected chi connectivity index (χ2v) is 8.74. The number of morpholine rings is 1. The van der Waals surface area contributed by atoms with E-state index in [0.717, 1.165) is 16.6 Å². The number of hydrogen-bond donors (Lipinski definition) is 0. The van der Waals surface area contributed by atoms with Gasteiger partial charge in [0.2, 0.25) is 0 Å². The van der Waals surface area contributed by atoms with Crippen LogP contribution in [0.25, 0.3) is 17.0 Å². The lowest BCUT2D eigenvalue weighted by atomic mass is 10.1. The molecule has 2 aromatic rings. The van der Waals surface area contributed by atoms with E-state index in [1.54, 1.807) is 24.8 Å². The first-order valence-corrected chi connectivity index (χ1v) is 10.9. The number of pyridine rings is 1. The topological polar surface area (TPSA) is 64.0 Å². The highest BCUT2D eigenvalue weighted by Crippen LogP contribution is 2.36. The van der Waals surface area contributed by atoms with Gasteiger partial charge >= 0.3 is 0 Å². The molecule has 7 nitrogen and oxygen atoms in total. The number of aromatic nitrogens is 1. The lowest BCUT2D eigenvalue weighted by molar-refractivity contribution is -0.122. The van der Waals surface area contributed by atoms with Gasteiger partial charge in [0, 0.05) is 32.6 Å². The number of para-hydroxylation sites is 1. The molecule has 0 aliphatic carbocycles. The van der Waals surface area contributed by atoms with Gasteiger partial charge in [0.15, 0.2) is 0 Å². The van der Waals surface area contributed by atoms with Crippen molar-refractivity contribution < 1.29 is 14.3 Å². The van der Waals surface area contributed by atoms with Crippen molar-refractivity contribution in [2.45, 2.75) is 0 Å². The number of rotatable bonds is 5. The Balaban J connectivity index is 1.87. The van der Waals surface area contributed by atoms with Crippen LogP contribution in [0, 0.1) is 0 Å². The maximum absolute atomic E-state index is 13.3. The number of anilines is 1. The van der Waals surface area contributed by atoms with Gasteiger partial charge in [0.25, 0.3) is 11.5 Å². The number of nitrogens with zero attached hydrogens (tertiary/aromatic N) is 3. The third kappa shape index (κ3) is 3.78. The molecule has 0 unspecified atom stereocenters. The molecule has 1 amide bonds. The van der Waals surface area contributed by atoms with Gasteiger partial charge in [0.1, 0.15) is 4.32 Å². The van der Waals surface area contributed by atoms with Gasteiger partial charge in [-0.3, -0.25) is 14.5 Å². The Labute approximate surface area is 184 Å². The molecule has 2 aliphatic rings. The van der Waals surface area contributed by atoms with Crippen LogP contribution >= 0.6 is 24.0 Å². The van der Waals surface area contributed by atoms with E-state index < -0.39 is 0 Å². The van der Waals surface area contributed by atoms with Crippen molar-refractivity contribution in [2.75, 3.05) is 51.5 Å². The van der Waals surface area contributed by atoms with Gasteiger partial charge in [-0.15, -0.1) is 0 Å². The van der Waals surface area contributed by atoms with Crippen LogP contribution in [0.1, 0.15) is 5.56 Å². The van der Waals surface area contributed by atoms with Crippen LogP contribution < -0.4 is 10.5 Å². The summed E-state index contributed by atoms with van der Waals surface area (Å²) < 4.78 is 12.7. The third-order valence-corrected chi connectivity index (χ3v) is 6.68. The Kier molecular flexibility index (Phi) is 6.24. The maximum Gasteiger partial charge on any atom is 0.266 e. The number of aryl methyl sites for hydroxylation is 1. The quantitative estimate of drug-likeness (QED) is 0.517. The summed E-state index contributed by atoms with van der Waals surface area (Å²) in [4.78, 5) is 30.4. The SMILES string of the molecule is COCCN1C(=O)C(=Cc2c(N3CCOCC3)c3ccccc3n(C)c2=O)SC1=S. The molecule has 30 heavy (non-hydrogen) atoms. The van der Waals surface area contributed by atoms with E-state index in [4.69, 9.17) is 21.7 Å². The second-order valence-electron chi connectivity index (χ2n) is 7.07. The van der Waals surface area contributed by atoms with Crippen molar-refractivity contribution >= 4 is 56.9 Å². The Morgan fingerprint density at radius 3 is 2.70 bits per heavy atom. The highest BCUT2D eigenvalue weighted by Gasteiger charge is 2.32. The summed E-state index contributed by atoms with van der Waals surface area (Å²) in [5, 5.41) is 0.975. The number of fused-ring (bicyclic) bond motifs is 1. The average molecular weight is 446 g/mol. The number of thiocarbonyl (C=S) groups is 1. The molecule has 3 heterocycles. The summed E-state index contributed by atoms with van der Waals surface area (Å²) in [6.45, 7) is 3.37. The Morgan fingerprint density at radius 2 is 1.97 bits per heavy atom. The molecule has 0 radical (unpaired) electrons. The first-order valence-electron chi connectivity index (χ1n) is 9.71. The predicted octanol–water partition coefficient (Wildman–Crippen LogP) is 2.22. The number of ether oxygens (including phenoxy) is 2. The van der Waals surface area contributed by atoms with Crippen molar-refractivity contribution in [3.63, 3.8) is 0 Å². The minimum Gasteiger partial charge on any atom is -0.383 e. The largest absolute Gasteiger partial charge is 0.383 e. The van der Waals surface area contributed by atoms with Gasteiger partial charge in [-0.1, -0.05) is 42.2 Å². The number of benzene rings is 1. The van der Waals surface area contributed by atoms with Gasteiger partial charge < -0.3 is 18.9 Å². The summed E-state index contributed by atoms with van der Waals surface area (Å²) in [7, 11) is 3.34. The van der Waals surface area contributed by atoms with E-state index in [0.29, 0.717) is 54.2 Å². The minimum atomic E-state index is -0.190. The first kappa shape index (κ1) is 21.0. The van der Waals surface area contributed by atoms with Crippen LogP contribution in [-0.4, -0.2) is 66.3 Å². The minimum absolute atomic E-state index is 0.141. The van der Waals surface area contributed by atoms with Crippen molar-refractivity contribution in [2.24, 2.45) is 7.05 Å². The molecule has 1 aromatic heterocycles. The van der Waals surface area contributed by atoms with Crippen LogP contribution in [0.2, 0.25) is 0 Å². The molecule has 4 rings (SSSR count). The molecule has 0 saturated carbocycles. The van der Waals surface area contributed by atoms with Gasteiger partial charge in [-0.05, 0) is 12.1 Å². The summed E-state index contributed by atoms with van der Waals surface area (Å²) in [5.74, 6) is -0.190. The highest BCUT2D eigenvalue weighted by molar-refractivity contribution is 8.26. The molecule has 0 bridgehead atoms. The summed E-state index contributed by atoms with van der Waals surface area (Å²) in [5.41, 5.74) is 2.07. The highest BCUT2D eigenvalue weighted by atomic mass is 32.2. The zero-order valence-corrected chi connectivity index (χ0v) is 18.6. The van der Waals surface area contributed by atoms with E-state index in [1.165, 1.54) is 16.7 Å². The number of thioether (sulfide) groups is 1. The van der Waals surface area contributed by atoms with Crippen LogP contribution in [0.4, 0.5) is 5.69 Å². The van der Waals surface area contributed by atoms with E-state index >= 15 is 0 Å². The maximum atomic E-state index is 13.3. The molecule has 2 aliphatic heterocycles. The molecule has 158 valence electrons. The Hall–Kier alpha value is -2.20. The first-order chi connectivity index (χ1) is 14.5. The average Bonchev–Trinajstić information content (AvgIpc) is 3.03. The van der Waals surface area contributed by atoms with E-state index in [1.807, 2.05) is 24.3 Å². The molecule has 0 spiro atoms. The van der Waals surface area contributed by atoms with Crippen LogP contribution in [0.3, 0.4) is 0 Å². The third-order valence-electron chi connectivity index (χ3n) is 5.31. The number of hydrogen-bond acceptors (Lipinski definition) is 7. The fraction of sp³-hybridized carbons (Fsp3) is 0.381. The number of amides is 1. The number of carbonyl (C=O) groups excluding carboxylic acids is 1. The lowest BCUT2D eigenvalue weighted by Crippen LogP contribution is -2.38. The molecular formula is C21H23N3O4S2. The van der Waals surface area contributed by atoms with Crippen molar-refractivity contribution in [1.82, 2.24) is 9.47 Å². The molecule has 0 atom stereocenters. The monoisotopic (exact) mass is 445 g/mol. The lowest BCUT2D eigenvalue weighted by Gasteiger charge is -2.31. The molecular weight excluding hydrogens is 422 g/mol. The van der Waals surface area contributed by atoms with Crippen molar-refractivity contribution in [3.05, 3.63) is 45.1 Å². The van der Waals surface area contributed by atoms with Gasteiger partial charge in [0.05, 0.1) is 48.0 Å². The molecule has 2 saturated heterocycles. The zero-order valence-electron chi connectivity index (χ0n) is 16.9. The standard InChI is InChI=1S/C21H23N3O4S2/c1-22-16-6-4-3-5-14(16)18(23-7-11-28-12-8-23)15(19(22)25)13-17-20(26)24(9-10-27-2)21(29)30-17/h3-6,13H,7-12H2,1-2H3. The Bertz CT molecular complexity index is 1090. The van der Waals surface area contributed by atoms with Crippen LogP contribution in [-0.2, 0) is 21.3 Å².